The highest BCUT2D eigenvalue weighted by molar-refractivity contribution is 7.09. The van der Waals surface area contributed by atoms with Gasteiger partial charge < -0.3 is 20.1 Å². The number of nitrogens with one attached hydrogen (secondary N) is 2. The van der Waals surface area contributed by atoms with Gasteiger partial charge in [-0.1, -0.05) is 0 Å². The second-order valence-electron chi connectivity index (χ2n) is 5.34. The lowest BCUT2D eigenvalue weighted by Crippen LogP contribution is -2.38. The van der Waals surface area contributed by atoms with E-state index in [1.807, 2.05) is 31.4 Å². The number of amides is 2. The lowest BCUT2D eigenvalue weighted by atomic mass is 10.1. The quantitative estimate of drug-likeness (QED) is 0.806. The Labute approximate surface area is 146 Å². The lowest BCUT2D eigenvalue weighted by Gasteiger charge is -2.18. The third-order valence-corrected chi connectivity index (χ3v) is 4.41. The van der Waals surface area contributed by atoms with Gasteiger partial charge in [0.15, 0.2) is 0 Å². The van der Waals surface area contributed by atoms with Gasteiger partial charge in [-0.3, -0.25) is 0 Å². The van der Waals surface area contributed by atoms with Crippen LogP contribution in [0.25, 0.3) is 0 Å². The van der Waals surface area contributed by atoms with E-state index in [-0.39, 0.29) is 12.1 Å². The third-order valence-electron chi connectivity index (χ3n) is 3.59. The maximum absolute atomic E-state index is 12.0. The summed E-state index contributed by atoms with van der Waals surface area (Å²) in [5.74, 6) is 1.39. The molecule has 0 radical (unpaired) electrons. The van der Waals surface area contributed by atoms with Crippen molar-refractivity contribution in [2.24, 2.45) is 0 Å². The summed E-state index contributed by atoms with van der Waals surface area (Å²) in [6.45, 7) is 4.42. The van der Waals surface area contributed by atoms with Crippen molar-refractivity contribution >= 4 is 17.4 Å². The number of thiazole rings is 1. The summed E-state index contributed by atoms with van der Waals surface area (Å²) in [5.41, 5.74) is 1.89. The Morgan fingerprint density at radius 1 is 1.33 bits per heavy atom. The number of nitrogens with zero attached hydrogens (tertiary/aromatic N) is 1. The molecule has 6 nitrogen and oxygen atoms in total. The zero-order valence-corrected chi connectivity index (χ0v) is 15.2. The fraction of sp³-hybridized carbons (Fsp3) is 0.412. The van der Waals surface area contributed by atoms with E-state index in [4.69, 9.17) is 9.47 Å². The molecular formula is C17H23N3O3S. The van der Waals surface area contributed by atoms with Crippen LogP contribution in [0.4, 0.5) is 4.79 Å². The molecule has 0 spiro atoms. The van der Waals surface area contributed by atoms with Crippen LogP contribution in [0.3, 0.4) is 0 Å². The van der Waals surface area contributed by atoms with Gasteiger partial charge in [-0.25, -0.2) is 9.78 Å². The molecule has 0 aliphatic rings. The minimum absolute atomic E-state index is 0.188. The van der Waals surface area contributed by atoms with Crippen LogP contribution in [0.2, 0.25) is 0 Å². The highest BCUT2D eigenvalue weighted by Crippen LogP contribution is 2.29. The highest BCUT2D eigenvalue weighted by Gasteiger charge is 2.14. The summed E-state index contributed by atoms with van der Waals surface area (Å²) in [4.78, 5) is 16.4. The van der Waals surface area contributed by atoms with Crippen LogP contribution in [-0.2, 0) is 6.42 Å². The molecule has 2 N–H and O–H groups in total. The summed E-state index contributed by atoms with van der Waals surface area (Å²) in [6.07, 6.45) is 0.720. The molecule has 1 heterocycles. The average Bonchev–Trinajstić information content (AvgIpc) is 2.99. The Balaban J connectivity index is 1.86. The number of rotatable bonds is 7. The molecule has 130 valence electrons. The monoisotopic (exact) mass is 349 g/mol. The van der Waals surface area contributed by atoms with Crippen molar-refractivity contribution in [1.29, 1.82) is 0 Å². The van der Waals surface area contributed by atoms with Crippen molar-refractivity contribution in [3.05, 3.63) is 39.8 Å². The minimum atomic E-state index is -0.215. The van der Waals surface area contributed by atoms with E-state index >= 15 is 0 Å². The van der Waals surface area contributed by atoms with Crippen LogP contribution in [0.15, 0.2) is 23.6 Å². The molecular weight excluding hydrogens is 326 g/mol. The molecule has 0 aliphatic carbocycles. The second-order valence-corrected chi connectivity index (χ2v) is 6.40. The first-order valence-corrected chi connectivity index (χ1v) is 8.58. The van der Waals surface area contributed by atoms with E-state index in [1.54, 1.807) is 31.6 Å². The van der Waals surface area contributed by atoms with Gasteiger partial charge >= 0.3 is 6.03 Å². The molecule has 0 saturated heterocycles. The fourth-order valence-electron chi connectivity index (χ4n) is 2.33. The summed E-state index contributed by atoms with van der Waals surface area (Å²) in [6, 6.07) is 5.13. The smallest absolute Gasteiger partial charge is 0.315 e. The van der Waals surface area contributed by atoms with Gasteiger partial charge in [-0.15, -0.1) is 11.3 Å². The van der Waals surface area contributed by atoms with Crippen LogP contribution >= 0.6 is 11.3 Å². The number of hydrogen-bond acceptors (Lipinski definition) is 5. The Kier molecular flexibility index (Phi) is 6.43. The van der Waals surface area contributed by atoms with E-state index in [0.29, 0.717) is 18.0 Å². The summed E-state index contributed by atoms with van der Waals surface area (Å²) >= 11 is 1.61. The molecule has 2 amide bonds. The molecule has 1 aromatic carbocycles. The maximum atomic E-state index is 12.0. The highest BCUT2D eigenvalue weighted by atomic mass is 32.1. The number of benzene rings is 1. The molecule has 2 aromatic rings. The summed E-state index contributed by atoms with van der Waals surface area (Å²) in [5, 5.41) is 8.81. The van der Waals surface area contributed by atoms with Crippen molar-refractivity contribution in [2.45, 2.75) is 26.3 Å². The van der Waals surface area contributed by atoms with Gasteiger partial charge in [0.2, 0.25) is 0 Å². The van der Waals surface area contributed by atoms with E-state index in [9.17, 15) is 4.79 Å². The molecule has 1 aromatic heterocycles. The Bertz CT molecular complexity index is 687. The maximum Gasteiger partial charge on any atom is 0.315 e. The number of ether oxygens (including phenoxy) is 2. The zero-order valence-electron chi connectivity index (χ0n) is 14.4. The lowest BCUT2D eigenvalue weighted by molar-refractivity contribution is 0.238. The number of methoxy groups -OCH3 is 2. The minimum Gasteiger partial charge on any atom is -0.497 e. The normalized spacial score (nSPS) is 11.7. The van der Waals surface area contributed by atoms with Crippen molar-refractivity contribution in [1.82, 2.24) is 15.6 Å². The molecule has 1 atom stereocenters. The predicted octanol–water partition coefficient (Wildman–Crippen LogP) is 3.07. The van der Waals surface area contributed by atoms with E-state index in [0.717, 1.165) is 22.7 Å². The van der Waals surface area contributed by atoms with E-state index in [2.05, 4.69) is 15.6 Å². The van der Waals surface area contributed by atoms with Gasteiger partial charge in [0, 0.05) is 30.0 Å². The van der Waals surface area contributed by atoms with Crippen LogP contribution in [0.5, 0.6) is 11.5 Å². The first-order chi connectivity index (χ1) is 11.5. The average molecular weight is 349 g/mol. The van der Waals surface area contributed by atoms with Gasteiger partial charge in [0.25, 0.3) is 0 Å². The fourth-order valence-corrected chi connectivity index (χ4v) is 2.98. The predicted molar refractivity (Wildman–Crippen MR) is 95.1 cm³/mol. The van der Waals surface area contributed by atoms with E-state index < -0.39 is 0 Å². The molecule has 7 heteroatoms. The molecule has 0 aliphatic heterocycles. The van der Waals surface area contributed by atoms with Crippen LogP contribution in [0, 0.1) is 6.92 Å². The molecule has 24 heavy (non-hydrogen) atoms. The van der Waals surface area contributed by atoms with Crippen LogP contribution in [0.1, 0.15) is 29.2 Å². The van der Waals surface area contributed by atoms with Crippen molar-refractivity contribution in [3.8, 4) is 11.5 Å². The second kappa shape index (κ2) is 8.54. The number of aromatic nitrogens is 1. The Morgan fingerprint density at radius 2 is 2.12 bits per heavy atom. The third kappa shape index (κ3) is 4.86. The first kappa shape index (κ1) is 18.1. The van der Waals surface area contributed by atoms with Crippen molar-refractivity contribution in [2.75, 3.05) is 20.8 Å². The number of hydrogen-bond donors (Lipinski definition) is 2. The zero-order chi connectivity index (χ0) is 17.5. The number of carbonyl (C=O) groups is 1. The number of urea groups is 1. The van der Waals surface area contributed by atoms with Crippen LogP contribution < -0.4 is 20.1 Å². The van der Waals surface area contributed by atoms with Crippen molar-refractivity contribution < 1.29 is 14.3 Å². The molecule has 1 unspecified atom stereocenters. The molecule has 0 fully saturated rings. The standard InChI is InChI=1S/C17H23N3O3S/c1-11(15-6-5-14(22-3)9-16(15)23-4)19-17(21)18-8-7-13-10-24-12(2)20-13/h5-6,9-11H,7-8H2,1-4H3,(H2,18,19,21). The number of carbonyl (C=O) groups excluding carboxylic acids is 1. The topological polar surface area (TPSA) is 72.5 Å². The molecule has 0 saturated carbocycles. The molecule has 2 rings (SSSR count). The Morgan fingerprint density at radius 3 is 2.75 bits per heavy atom. The van der Waals surface area contributed by atoms with Gasteiger partial charge in [-0.2, -0.15) is 0 Å². The largest absolute Gasteiger partial charge is 0.497 e. The first-order valence-electron chi connectivity index (χ1n) is 7.70. The van der Waals surface area contributed by atoms with E-state index in [1.165, 1.54) is 0 Å². The summed E-state index contributed by atoms with van der Waals surface area (Å²) < 4.78 is 10.6. The van der Waals surface area contributed by atoms with Gasteiger partial charge in [0.05, 0.1) is 31.0 Å². The molecule has 0 bridgehead atoms. The SMILES string of the molecule is COc1ccc(C(C)NC(=O)NCCc2csc(C)n2)c(OC)c1. The Hall–Kier alpha value is -2.28. The van der Waals surface area contributed by atoms with Gasteiger partial charge in [-0.05, 0) is 26.0 Å². The van der Waals surface area contributed by atoms with Crippen molar-refractivity contribution in [3.63, 3.8) is 0 Å². The van der Waals surface area contributed by atoms with Crippen LogP contribution in [-0.4, -0.2) is 31.8 Å². The summed E-state index contributed by atoms with van der Waals surface area (Å²) in [7, 11) is 3.20. The number of aryl methyl sites for hydroxylation is 1. The van der Waals surface area contributed by atoms with Gasteiger partial charge in [0.1, 0.15) is 11.5 Å².